The van der Waals surface area contributed by atoms with E-state index in [0.29, 0.717) is 29.0 Å². The fourth-order valence-electron chi connectivity index (χ4n) is 1.19. The highest BCUT2D eigenvalue weighted by Crippen LogP contribution is 2.24. The minimum atomic E-state index is 0.393. The van der Waals surface area contributed by atoms with Crippen LogP contribution in [-0.2, 0) is 0 Å². The van der Waals surface area contributed by atoms with Gasteiger partial charge in [-0.05, 0) is 25.0 Å². The van der Waals surface area contributed by atoms with Crippen LogP contribution in [0.25, 0.3) is 0 Å². The Labute approximate surface area is 106 Å². The SMILES string of the molecule is CSc1nc(N=CC(C)C)nc(NC2CC2)n1. The van der Waals surface area contributed by atoms with Gasteiger partial charge in [0.15, 0.2) is 5.16 Å². The number of nitrogens with zero attached hydrogens (tertiary/aromatic N) is 4. The van der Waals surface area contributed by atoms with Gasteiger partial charge in [-0.25, -0.2) is 4.99 Å². The number of aliphatic imine (C=N–C) groups is 1. The molecule has 6 heteroatoms. The van der Waals surface area contributed by atoms with Crippen molar-refractivity contribution in [1.29, 1.82) is 0 Å². The molecule has 1 aromatic heterocycles. The summed E-state index contributed by atoms with van der Waals surface area (Å²) in [5.41, 5.74) is 0. The summed E-state index contributed by atoms with van der Waals surface area (Å²) in [7, 11) is 0. The second-order valence-corrected chi connectivity index (χ2v) is 5.16. The third kappa shape index (κ3) is 3.96. The molecule has 5 nitrogen and oxygen atoms in total. The summed E-state index contributed by atoms with van der Waals surface area (Å²) in [6.45, 7) is 4.15. The van der Waals surface area contributed by atoms with Gasteiger partial charge in [0.25, 0.3) is 5.95 Å². The van der Waals surface area contributed by atoms with Gasteiger partial charge in [0.05, 0.1) is 0 Å². The normalized spacial score (nSPS) is 15.8. The summed E-state index contributed by atoms with van der Waals surface area (Å²) >= 11 is 1.50. The number of hydrogen-bond acceptors (Lipinski definition) is 6. The maximum absolute atomic E-state index is 4.31. The van der Waals surface area contributed by atoms with Gasteiger partial charge in [0, 0.05) is 12.3 Å². The van der Waals surface area contributed by atoms with Gasteiger partial charge in [-0.1, -0.05) is 25.6 Å². The molecule has 92 valence electrons. The van der Waals surface area contributed by atoms with Crippen molar-refractivity contribution >= 4 is 29.9 Å². The van der Waals surface area contributed by atoms with E-state index in [1.807, 2.05) is 12.5 Å². The van der Waals surface area contributed by atoms with Gasteiger partial charge in [0.1, 0.15) is 0 Å². The monoisotopic (exact) mass is 251 g/mol. The quantitative estimate of drug-likeness (QED) is 0.643. The van der Waals surface area contributed by atoms with Crippen LogP contribution in [0.1, 0.15) is 26.7 Å². The molecule has 1 heterocycles. The van der Waals surface area contributed by atoms with Crippen molar-refractivity contribution in [2.75, 3.05) is 11.6 Å². The largest absolute Gasteiger partial charge is 0.351 e. The second kappa shape index (κ2) is 5.44. The summed E-state index contributed by atoms with van der Waals surface area (Å²) in [4.78, 5) is 17.1. The van der Waals surface area contributed by atoms with Crippen molar-refractivity contribution < 1.29 is 0 Å². The Bertz CT molecular complexity index is 414. The third-order valence-electron chi connectivity index (χ3n) is 2.18. The van der Waals surface area contributed by atoms with Gasteiger partial charge >= 0.3 is 0 Å². The van der Waals surface area contributed by atoms with Crippen LogP contribution in [0.4, 0.5) is 11.9 Å². The van der Waals surface area contributed by atoms with E-state index < -0.39 is 0 Å². The molecule has 0 aliphatic heterocycles. The minimum absolute atomic E-state index is 0.393. The molecule has 0 atom stereocenters. The van der Waals surface area contributed by atoms with Gasteiger partial charge < -0.3 is 5.32 Å². The average Bonchev–Trinajstić information content (AvgIpc) is 3.10. The molecule has 0 saturated heterocycles. The summed E-state index contributed by atoms with van der Waals surface area (Å²) < 4.78 is 0. The summed E-state index contributed by atoms with van der Waals surface area (Å²) in [6.07, 6.45) is 6.20. The Morgan fingerprint density at radius 2 is 2.12 bits per heavy atom. The number of aromatic nitrogens is 3. The highest BCUT2D eigenvalue weighted by Gasteiger charge is 2.22. The second-order valence-electron chi connectivity index (χ2n) is 4.39. The van der Waals surface area contributed by atoms with Crippen molar-refractivity contribution in [3.05, 3.63) is 0 Å². The predicted octanol–water partition coefficient (Wildman–Crippen LogP) is 2.53. The van der Waals surface area contributed by atoms with Crippen molar-refractivity contribution in [2.45, 2.75) is 37.9 Å². The molecule has 0 radical (unpaired) electrons. The maximum atomic E-state index is 4.31. The summed E-state index contributed by atoms with van der Waals surface area (Å²) in [5.74, 6) is 1.52. The standard InChI is InChI=1S/C11H17N5S/c1-7(2)6-12-9-14-10(13-8-4-5-8)16-11(15-9)17-3/h6-8H,4-5H2,1-3H3,(H,13,14,15,16). The molecule has 1 aromatic rings. The Balaban J connectivity index is 2.17. The highest BCUT2D eigenvalue weighted by atomic mass is 32.2. The number of anilines is 1. The number of thioether (sulfide) groups is 1. The summed E-state index contributed by atoms with van der Waals surface area (Å²) in [5, 5.41) is 3.98. The van der Waals surface area contributed by atoms with Gasteiger partial charge in [-0.3, -0.25) is 0 Å². The van der Waals surface area contributed by atoms with E-state index in [2.05, 4.69) is 39.1 Å². The van der Waals surface area contributed by atoms with Crippen LogP contribution in [0.5, 0.6) is 0 Å². The molecule has 0 bridgehead atoms. The first-order valence-electron chi connectivity index (χ1n) is 5.78. The van der Waals surface area contributed by atoms with Crippen LogP contribution < -0.4 is 5.32 Å². The van der Waals surface area contributed by atoms with E-state index in [9.17, 15) is 0 Å². The molecule has 1 saturated carbocycles. The fourth-order valence-corrected chi connectivity index (χ4v) is 1.54. The zero-order chi connectivity index (χ0) is 12.3. The zero-order valence-corrected chi connectivity index (χ0v) is 11.2. The van der Waals surface area contributed by atoms with Crippen molar-refractivity contribution in [3.8, 4) is 0 Å². The zero-order valence-electron chi connectivity index (χ0n) is 10.3. The van der Waals surface area contributed by atoms with Crippen molar-refractivity contribution in [3.63, 3.8) is 0 Å². The third-order valence-corrected chi connectivity index (χ3v) is 2.73. The van der Waals surface area contributed by atoms with E-state index in [1.54, 1.807) is 0 Å². The lowest BCUT2D eigenvalue weighted by molar-refractivity contribution is 0.878. The first kappa shape index (κ1) is 12.3. The maximum Gasteiger partial charge on any atom is 0.254 e. The molecule has 0 unspecified atom stereocenters. The van der Waals surface area contributed by atoms with Crippen molar-refractivity contribution in [1.82, 2.24) is 15.0 Å². The lowest BCUT2D eigenvalue weighted by Gasteiger charge is -2.04. The predicted molar refractivity (Wildman–Crippen MR) is 71.2 cm³/mol. The molecule has 1 N–H and O–H groups in total. The Hall–Kier alpha value is -1.17. The molecule has 0 spiro atoms. The average molecular weight is 251 g/mol. The first-order chi connectivity index (χ1) is 8.17. The van der Waals surface area contributed by atoms with E-state index in [-0.39, 0.29) is 0 Å². The molecule has 2 rings (SSSR count). The highest BCUT2D eigenvalue weighted by molar-refractivity contribution is 7.98. The topological polar surface area (TPSA) is 63.1 Å². The Morgan fingerprint density at radius 1 is 1.35 bits per heavy atom. The fraction of sp³-hybridized carbons (Fsp3) is 0.636. The molecule has 1 fully saturated rings. The molecule has 0 amide bonds. The van der Waals surface area contributed by atoms with Crippen LogP contribution in [0.2, 0.25) is 0 Å². The summed E-state index contributed by atoms with van der Waals surface area (Å²) in [6, 6.07) is 0.536. The van der Waals surface area contributed by atoms with E-state index in [4.69, 9.17) is 0 Å². The lowest BCUT2D eigenvalue weighted by Crippen LogP contribution is -2.06. The number of nitrogens with one attached hydrogen (secondary N) is 1. The molecule has 1 aliphatic carbocycles. The van der Waals surface area contributed by atoms with Crippen LogP contribution in [-0.4, -0.2) is 33.5 Å². The lowest BCUT2D eigenvalue weighted by atomic mass is 10.3. The molecule has 1 aliphatic rings. The molecular formula is C11H17N5S. The van der Waals surface area contributed by atoms with Crippen molar-refractivity contribution in [2.24, 2.45) is 10.9 Å². The molecule has 0 aromatic carbocycles. The van der Waals surface area contributed by atoms with Crippen LogP contribution in [0, 0.1) is 5.92 Å². The van der Waals surface area contributed by atoms with E-state index in [1.165, 1.54) is 24.6 Å². The smallest absolute Gasteiger partial charge is 0.254 e. The van der Waals surface area contributed by atoms with Crippen LogP contribution >= 0.6 is 11.8 Å². The van der Waals surface area contributed by atoms with Gasteiger partial charge in [0.2, 0.25) is 5.95 Å². The Morgan fingerprint density at radius 3 is 2.71 bits per heavy atom. The van der Waals surface area contributed by atoms with E-state index in [0.717, 1.165) is 0 Å². The van der Waals surface area contributed by atoms with Gasteiger partial charge in [-0.2, -0.15) is 15.0 Å². The minimum Gasteiger partial charge on any atom is -0.351 e. The first-order valence-corrected chi connectivity index (χ1v) is 7.00. The van der Waals surface area contributed by atoms with Crippen LogP contribution in [0.15, 0.2) is 10.1 Å². The number of rotatable bonds is 5. The molecular weight excluding hydrogens is 234 g/mol. The number of hydrogen-bond donors (Lipinski definition) is 1. The van der Waals surface area contributed by atoms with Gasteiger partial charge in [-0.15, -0.1) is 0 Å². The van der Waals surface area contributed by atoms with E-state index >= 15 is 0 Å². The van der Waals surface area contributed by atoms with Crippen LogP contribution in [0.3, 0.4) is 0 Å². The molecule has 17 heavy (non-hydrogen) atoms. The Kier molecular flexibility index (Phi) is 3.93.